The summed E-state index contributed by atoms with van der Waals surface area (Å²) in [6, 6.07) is -0.481. The van der Waals surface area contributed by atoms with Crippen molar-refractivity contribution >= 4 is 11.9 Å². The number of carbonyl (C=O) groups is 2. The minimum Gasteiger partial charge on any atom is -0.481 e. The molecule has 1 aromatic heterocycles. The fourth-order valence-corrected chi connectivity index (χ4v) is 1.45. The van der Waals surface area contributed by atoms with E-state index < -0.39 is 12.0 Å². The van der Waals surface area contributed by atoms with Crippen LogP contribution in [0.4, 0.5) is 0 Å². The molecule has 1 aromatic rings. The zero-order chi connectivity index (χ0) is 14.6. The Hall–Kier alpha value is -1.92. The van der Waals surface area contributed by atoms with Gasteiger partial charge in [0, 0.05) is 18.2 Å². The number of amides is 1. The van der Waals surface area contributed by atoms with Crippen LogP contribution in [0.15, 0.2) is 6.20 Å². The van der Waals surface area contributed by atoms with Crippen molar-refractivity contribution in [1.82, 2.24) is 20.3 Å². The summed E-state index contributed by atoms with van der Waals surface area (Å²) in [6.45, 7) is 7.42. The highest BCUT2D eigenvalue weighted by Crippen LogP contribution is 2.09. The summed E-state index contributed by atoms with van der Waals surface area (Å²) in [7, 11) is 0. The first-order chi connectivity index (χ1) is 8.69. The molecule has 7 nitrogen and oxygen atoms in total. The average Bonchev–Trinajstić information content (AvgIpc) is 2.71. The van der Waals surface area contributed by atoms with E-state index in [9.17, 15) is 9.59 Å². The molecular weight excluding hydrogens is 248 g/mol. The Bertz CT molecular complexity index is 462. The molecule has 0 bridgehead atoms. The molecule has 0 fully saturated rings. The average molecular weight is 268 g/mol. The lowest BCUT2D eigenvalue weighted by molar-refractivity contribution is -0.137. The second-order valence-electron chi connectivity index (χ2n) is 5.50. The fraction of sp³-hybridized carbons (Fsp3) is 0.667. The number of aromatic nitrogens is 3. The van der Waals surface area contributed by atoms with Crippen molar-refractivity contribution in [2.45, 2.75) is 52.1 Å². The predicted octanol–water partition coefficient (Wildman–Crippen LogP) is 0.771. The Morgan fingerprint density at radius 2 is 2.11 bits per heavy atom. The van der Waals surface area contributed by atoms with E-state index >= 15 is 0 Å². The van der Waals surface area contributed by atoms with Gasteiger partial charge in [-0.2, -0.15) is 0 Å². The maximum absolute atomic E-state index is 11.9. The quantitative estimate of drug-likeness (QED) is 0.822. The van der Waals surface area contributed by atoms with Gasteiger partial charge in [-0.05, 0) is 27.7 Å². The van der Waals surface area contributed by atoms with Crippen LogP contribution < -0.4 is 5.32 Å². The van der Waals surface area contributed by atoms with Crippen LogP contribution in [0.25, 0.3) is 0 Å². The minimum atomic E-state index is -0.881. The lowest BCUT2D eigenvalue weighted by Crippen LogP contribution is -2.43. The zero-order valence-corrected chi connectivity index (χ0v) is 11.7. The number of aryl methyl sites for hydroxylation is 1. The lowest BCUT2D eigenvalue weighted by Gasteiger charge is -2.23. The Morgan fingerprint density at radius 1 is 1.47 bits per heavy atom. The standard InChI is InChI=1S/C12H20N4O3/c1-8(11(19)13-12(2,3)4)16-7-9(14-15-16)5-6-10(17)18/h7-8H,5-6H2,1-4H3,(H,13,19)(H,17,18). The van der Waals surface area contributed by atoms with Gasteiger partial charge in [0.15, 0.2) is 0 Å². The Labute approximate surface area is 112 Å². The molecule has 1 amide bonds. The van der Waals surface area contributed by atoms with Crippen LogP contribution in [0, 0.1) is 0 Å². The Kier molecular flexibility index (Phi) is 4.63. The predicted molar refractivity (Wildman–Crippen MR) is 68.6 cm³/mol. The number of carboxylic acids is 1. The second kappa shape index (κ2) is 5.81. The molecule has 19 heavy (non-hydrogen) atoms. The van der Waals surface area contributed by atoms with Gasteiger partial charge in [-0.15, -0.1) is 5.10 Å². The number of rotatable bonds is 5. The van der Waals surface area contributed by atoms with Gasteiger partial charge in [-0.3, -0.25) is 9.59 Å². The molecular formula is C12H20N4O3. The molecule has 1 atom stereocenters. The number of hydrogen-bond acceptors (Lipinski definition) is 4. The molecule has 0 saturated carbocycles. The van der Waals surface area contributed by atoms with Crippen LogP contribution in [-0.4, -0.2) is 37.5 Å². The minimum absolute atomic E-state index is 0.00125. The summed E-state index contributed by atoms with van der Waals surface area (Å²) >= 11 is 0. The van der Waals surface area contributed by atoms with E-state index in [1.807, 2.05) is 20.8 Å². The summed E-state index contributed by atoms with van der Waals surface area (Å²) in [5.74, 6) is -1.03. The summed E-state index contributed by atoms with van der Waals surface area (Å²) in [6.07, 6.45) is 1.92. The second-order valence-corrected chi connectivity index (χ2v) is 5.50. The maximum atomic E-state index is 11.9. The maximum Gasteiger partial charge on any atom is 0.303 e. The third-order valence-electron chi connectivity index (χ3n) is 2.43. The van der Waals surface area contributed by atoms with Gasteiger partial charge < -0.3 is 10.4 Å². The summed E-state index contributed by atoms with van der Waals surface area (Å²) in [5, 5.41) is 19.2. The number of hydrogen-bond donors (Lipinski definition) is 2. The molecule has 1 rings (SSSR count). The van der Waals surface area contributed by atoms with Crippen LogP contribution in [0.3, 0.4) is 0 Å². The highest BCUT2D eigenvalue weighted by atomic mass is 16.4. The van der Waals surface area contributed by atoms with Crippen LogP contribution in [0.5, 0.6) is 0 Å². The number of aliphatic carboxylic acids is 1. The fourth-order valence-electron chi connectivity index (χ4n) is 1.45. The third kappa shape index (κ3) is 5.07. The molecule has 1 unspecified atom stereocenters. The molecule has 0 saturated heterocycles. The van der Waals surface area contributed by atoms with Gasteiger partial charge in [0.05, 0.1) is 12.1 Å². The van der Waals surface area contributed by atoms with Crippen LogP contribution in [0.2, 0.25) is 0 Å². The zero-order valence-electron chi connectivity index (χ0n) is 11.7. The molecule has 0 radical (unpaired) electrons. The molecule has 1 heterocycles. The molecule has 7 heteroatoms. The molecule has 106 valence electrons. The number of carboxylic acid groups (broad SMARTS) is 1. The van der Waals surface area contributed by atoms with Gasteiger partial charge in [0.1, 0.15) is 6.04 Å². The van der Waals surface area contributed by atoms with Crippen molar-refractivity contribution < 1.29 is 14.7 Å². The van der Waals surface area contributed by atoms with Crippen molar-refractivity contribution in [2.75, 3.05) is 0 Å². The smallest absolute Gasteiger partial charge is 0.303 e. The number of nitrogens with zero attached hydrogens (tertiary/aromatic N) is 3. The van der Waals surface area contributed by atoms with E-state index in [-0.39, 0.29) is 17.9 Å². The first kappa shape index (κ1) is 15.1. The summed E-state index contributed by atoms with van der Waals surface area (Å²) in [4.78, 5) is 22.4. The molecule has 0 aliphatic rings. The van der Waals surface area contributed by atoms with Crippen LogP contribution in [0.1, 0.15) is 45.9 Å². The topological polar surface area (TPSA) is 97.1 Å². The summed E-state index contributed by atoms with van der Waals surface area (Å²) < 4.78 is 1.44. The summed E-state index contributed by atoms with van der Waals surface area (Å²) in [5.41, 5.74) is 0.260. The molecule has 0 aromatic carbocycles. The van der Waals surface area contributed by atoms with Crippen molar-refractivity contribution in [2.24, 2.45) is 0 Å². The largest absolute Gasteiger partial charge is 0.481 e. The van der Waals surface area contributed by atoms with Crippen LogP contribution in [-0.2, 0) is 16.0 Å². The Morgan fingerprint density at radius 3 is 2.63 bits per heavy atom. The van der Waals surface area contributed by atoms with E-state index in [2.05, 4.69) is 15.6 Å². The van der Waals surface area contributed by atoms with E-state index in [4.69, 9.17) is 5.11 Å². The molecule has 2 N–H and O–H groups in total. The lowest BCUT2D eigenvalue weighted by atomic mass is 10.1. The first-order valence-corrected chi connectivity index (χ1v) is 6.13. The molecule has 0 aliphatic heterocycles. The molecule has 0 spiro atoms. The van der Waals surface area contributed by atoms with Crippen molar-refractivity contribution in [3.05, 3.63) is 11.9 Å². The van der Waals surface area contributed by atoms with Gasteiger partial charge >= 0.3 is 5.97 Å². The number of carbonyl (C=O) groups excluding carboxylic acids is 1. The van der Waals surface area contributed by atoms with Gasteiger partial charge in [0.2, 0.25) is 5.91 Å². The highest BCUT2D eigenvalue weighted by molar-refractivity contribution is 5.80. The van der Waals surface area contributed by atoms with E-state index in [1.54, 1.807) is 13.1 Å². The van der Waals surface area contributed by atoms with E-state index in [0.29, 0.717) is 12.1 Å². The monoisotopic (exact) mass is 268 g/mol. The third-order valence-corrected chi connectivity index (χ3v) is 2.43. The SMILES string of the molecule is CC(C(=O)NC(C)(C)C)n1cc(CCC(=O)O)nn1. The van der Waals surface area contributed by atoms with Gasteiger partial charge in [-0.1, -0.05) is 5.21 Å². The van der Waals surface area contributed by atoms with E-state index in [1.165, 1.54) is 4.68 Å². The molecule has 0 aliphatic carbocycles. The normalized spacial score (nSPS) is 13.1. The van der Waals surface area contributed by atoms with Crippen molar-refractivity contribution in [3.63, 3.8) is 0 Å². The Balaban J connectivity index is 2.65. The number of nitrogens with one attached hydrogen (secondary N) is 1. The van der Waals surface area contributed by atoms with Gasteiger partial charge in [0.25, 0.3) is 0 Å². The first-order valence-electron chi connectivity index (χ1n) is 6.13. The highest BCUT2D eigenvalue weighted by Gasteiger charge is 2.21. The van der Waals surface area contributed by atoms with Crippen molar-refractivity contribution in [3.8, 4) is 0 Å². The van der Waals surface area contributed by atoms with Gasteiger partial charge in [-0.25, -0.2) is 4.68 Å². The van der Waals surface area contributed by atoms with Crippen molar-refractivity contribution in [1.29, 1.82) is 0 Å². The van der Waals surface area contributed by atoms with Crippen LogP contribution >= 0.6 is 0 Å². The van der Waals surface area contributed by atoms with E-state index in [0.717, 1.165) is 0 Å².